The summed E-state index contributed by atoms with van der Waals surface area (Å²) in [6.45, 7) is 4.53. The van der Waals surface area contributed by atoms with Crippen LogP contribution in [-0.2, 0) is 11.4 Å². The number of hydrogen-bond acceptors (Lipinski definition) is 7. The predicted molar refractivity (Wildman–Crippen MR) is 101 cm³/mol. The molecule has 28 heavy (non-hydrogen) atoms. The van der Waals surface area contributed by atoms with Crippen molar-refractivity contribution in [3.63, 3.8) is 0 Å². The number of carbonyl (C=O) groups is 1. The van der Waals surface area contributed by atoms with Gasteiger partial charge >= 0.3 is 5.69 Å². The molecule has 2 aromatic rings. The number of hydrogen-bond donors (Lipinski definition) is 1. The van der Waals surface area contributed by atoms with Crippen LogP contribution in [0.3, 0.4) is 0 Å². The molecule has 0 radical (unpaired) electrons. The Morgan fingerprint density at radius 3 is 2.57 bits per heavy atom. The number of rotatable bonds is 7. The van der Waals surface area contributed by atoms with Gasteiger partial charge in [0.05, 0.1) is 30.5 Å². The second kappa shape index (κ2) is 8.51. The lowest BCUT2D eigenvalue weighted by Crippen LogP contribution is -2.47. The highest BCUT2D eigenvalue weighted by Crippen LogP contribution is 2.20. The average Bonchev–Trinajstić information content (AvgIpc) is 2.66. The minimum atomic E-state index is -0.907. The van der Waals surface area contributed by atoms with E-state index in [-0.39, 0.29) is 28.7 Å². The van der Waals surface area contributed by atoms with E-state index in [0.717, 1.165) is 16.7 Å². The monoisotopic (exact) mass is 392 g/mol. The number of methoxy groups -OCH3 is 1. The molecule has 0 saturated carbocycles. The smallest absolute Gasteiger partial charge is 0.350 e. The molecule has 9 nitrogen and oxygen atoms in total. The summed E-state index contributed by atoms with van der Waals surface area (Å²) in [7, 11) is 1.34. The van der Waals surface area contributed by atoms with Crippen LogP contribution in [0.25, 0.3) is 0 Å². The molecule has 0 spiro atoms. The van der Waals surface area contributed by atoms with Crippen LogP contribution in [-0.4, -0.2) is 34.0 Å². The van der Waals surface area contributed by atoms with E-state index < -0.39 is 29.4 Å². The second-order valence-electron chi connectivity index (χ2n) is 6.23. The van der Waals surface area contributed by atoms with Gasteiger partial charge in [0, 0.05) is 6.20 Å². The van der Waals surface area contributed by atoms with Gasteiger partial charge in [-0.05, 0) is 39.0 Å². The minimum Gasteiger partial charge on any atom is -0.496 e. The van der Waals surface area contributed by atoms with Gasteiger partial charge in [0.2, 0.25) is 0 Å². The second-order valence-corrected chi connectivity index (χ2v) is 6.23. The van der Waals surface area contributed by atoms with Gasteiger partial charge < -0.3 is 15.4 Å². The number of nitrogens with zero attached hydrogens (tertiary/aromatic N) is 3. The quantitative estimate of drug-likeness (QED) is 0.324. The van der Waals surface area contributed by atoms with Gasteiger partial charge in [-0.3, -0.25) is 14.2 Å². The lowest BCUT2D eigenvalue weighted by Gasteiger charge is -2.12. The number of aromatic nitrogens is 2. The molecule has 1 aromatic carbocycles. The van der Waals surface area contributed by atoms with E-state index >= 15 is 0 Å². The number of carbonyl (C=O) groups excluding carboxylic acids is 1. The van der Waals surface area contributed by atoms with Gasteiger partial charge in [0.1, 0.15) is 17.7 Å². The number of halogens is 1. The van der Waals surface area contributed by atoms with E-state index in [1.54, 1.807) is 13.8 Å². The largest absolute Gasteiger partial charge is 0.496 e. The third-order valence-electron chi connectivity index (χ3n) is 3.75. The molecule has 1 aromatic heterocycles. The van der Waals surface area contributed by atoms with Crippen molar-refractivity contribution < 1.29 is 18.8 Å². The Kier molecular flexibility index (Phi) is 6.34. The lowest BCUT2D eigenvalue weighted by atomic mass is 10.1. The SMILES string of the molecule is COc1ccc(F)cc1C(=O)Cn1cc(C(C)=NOC(C)C)c(=O)n(N)c1=O. The molecular formula is C18H21FN4O5. The van der Waals surface area contributed by atoms with Crippen molar-refractivity contribution >= 4 is 11.5 Å². The van der Waals surface area contributed by atoms with Crippen LogP contribution in [0.15, 0.2) is 39.1 Å². The van der Waals surface area contributed by atoms with Gasteiger partial charge in [-0.2, -0.15) is 4.68 Å². The highest BCUT2D eigenvalue weighted by molar-refractivity contribution is 5.99. The standard InChI is InChI=1S/C18H21FN4O5/c1-10(2)28-21-11(3)14-8-22(18(26)23(20)17(14)25)9-15(24)13-7-12(19)5-6-16(13)27-4/h5-8,10H,9,20H2,1-4H3. The Morgan fingerprint density at radius 2 is 1.96 bits per heavy atom. The van der Waals surface area contributed by atoms with E-state index in [1.807, 2.05) is 0 Å². The summed E-state index contributed by atoms with van der Waals surface area (Å²) < 4.78 is 19.9. The Balaban J connectivity index is 2.48. The molecule has 0 atom stereocenters. The van der Waals surface area contributed by atoms with Crippen molar-refractivity contribution in [1.82, 2.24) is 9.24 Å². The van der Waals surface area contributed by atoms with Crippen molar-refractivity contribution in [1.29, 1.82) is 0 Å². The maximum atomic E-state index is 13.5. The molecule has 2 N–H and O–H groups in total. The van der Waals surface area contributed by atoms with Crippen LogP contribution in [0.5, 0.6) is 5.75 Å². The fourth-order valence-electron chi connectivity index (χ4n) is 2.35. The summed E-state index contributed by atoms with van der Waals surface area (Å²) in [5, 5.41) is 3.82. The number of benzene rings is 1. The number of nitrogens with two attached hydrogens (primary N) is 1. The zero-order valence-corrected chi connectivity index (χ0v) is 15.9. The topological polar surface area (TPSA) is 118 Å². The third-order valence-corrected chi connectivity index (χ3v) is 3.75. The van der Waals surface area contributed by atoms with Crippen LogP contribution < -0.4 is 21.8 Å². The van der Waals surface area contributed by atoms with E-state index in [1.165, 1.54) is 26.3 Å². The minimum absolute atomic E-state index is 0.0123. The number of nitrogen functional groups attached to an aromatic ring is 1. The fraction of sp³-hybridized carbons (Fsp3) is 0.333. The van der Waals surface area contributed by atoms with Gasteiger partial charge in [0.15, 0.2) is 5.78 Å². The first-order valence-electron chi connectivity index (χ1n) is 8.34. The predicted octanol–water partition coefficient (Wildman–Crippen LogP) is 0.903. The van der Waals surface area contributed by atoms with Crippen molar-refractivity contribution in [2.45, 2.75) is 33.4 Å². The first-order chi connectivity index (χ1) is 13.1. The first-order valence-corrected chi connectivity index (χ1v) is 8.34. The van der Waals surface area contributed by atoms with Crippen molar-refractivity contribution in [2.75, 3.05) is 13.0 Å². The Morgan fingerprint density at radius 1 is 1.29 bits per heavy atom. The number of Topliss-reactive ketones (excluding diaryl/α,β-unsaturated/α-hetero) is 1. The lowest BCUT2D eigenvalue weighted by molar-refractivity contribution is 0.0860. The van der Waals surface area contributed by atoms with Crippen LogP contribution in [0.2, 0.25) is 0 Å². The Bertz CT molecular complexity index is 1040. The number of ether oxygens (including phenoxy) is 1. The van der Waals surface area contributed by atoms with E-state index in [2.05, 4.69) is 5.16 Å². The fourth-order valence-corrected chi connectivity index (χ4v) is 2.35. The normalized spacial score (nSPS) is 11.6. The van der Waals surface area contributed by atoms with Crippen LogP contribution in [0.1, 0.15) is 36.7 Å². The van der Waals surface area contributed by atoms with Crippen molar-refractivity contribution in [3.05, 3.63) is 62.2 Å². The molecule has 1 heterocycles. The molecule has 0 amide bonds. The zero-order valence-electron chi connectivity index (χ0n) is 15.9. The average molecular weight is 392 g/mol. The summed E-state index contributed by atoms with van der Waals surface area (Å²) in [6.07, 6.45) is 0.947. The van der Waals surface area contributed by atoms with Crippen LogP contribution in [0.4, 0.5) is 4.39 Å². The molecule has 150 valence electrons. The van der Waals surface area contributed by atoms with Gasteiger partial charge in [0.25, 0.3) is 5.56 Å². The highest BCUT2D eigenvalue weighted by atomic mass is 19.1. The maximum absolute atomic E-state index is 13.5. The molecule has 0 bridgehead atoms. The Hall–Kier alpha value is -3.43. The number of oxime groups is 1. The summed E-state index contributed by atoms with van der Waals surface area (Å²) in [6, 6.07) is 3.46. The van der Waals surface area contributed by atoms with Gasteiger partial charge in [-0.15, -0.1) is 0 Å². The molecule has 0 unspecified atom stereocenters. The molecule has 0 aliphatic carbocycles. The highest BCUT2D eigenvalue weighted by Gasteiger charge is 2.18. The Labute approximate surface area is 159 Å². The van der Waals surface area contributed by atoms with Crippen LogP contribution in [0, 0.1) is 5.82 Å². The summed E-state index contributed by atoms with van der Waals surface area (Å²) >= 11 is 0. The van der Waals surface area contributed by atoms with E-state index in [0.29, 0.717) is 4.68 Å². The molecule has 0 fully saturated rings. The molecule has 10 heteroatoms. The van der Waals surface area contributed by atoms with Gasteiger partial charge in [-0.25, -0.2) is 9.18 Å². The molecule has 0 saturated heterocycles. The maximum Gasteiger partial charge on any atom is 0.350 e. The molecule has 0 aliphatic heterocycles. The first kappa shape index (κ1) is 20.9. The van der Waals surface area contributed by atoms with E-state index in [9.17, 15) is 18.8 Å². The van der Waals surface area contributed by atoms with Crippen molar-refractivity contribution in [3.8, 4) is 5.75 Å². The molecule has 2 rings (SSSR count). The summed E-state index contributed by atoms with van der Waals surface area (Å²) in [5.74, 6) is 4.48. The summed E-state index contributed by atoms with van der Waals surface area (Å²) in [4.78, 5) is 42.3. The van der Waals surface area contributed by atoms with Crippen molar-refractivity contribution in [2.24, 2.45) is 5.16 Å². The zero-order chi connectivity index (χ0) is 21.0. The summed E-state index contributed by atoms with van der Waals surface area (Å²) in [5.41, 5.74) is -1.57. The number of ketones is 1. The third kappa shape index (κ3) is 4.45. The van der Waals surface area contributed by atoms with E-state index in [4.69, 9.17) is 15.4 Å². The van der Waals surface area contributed by atoms with Gasteiger partial charge in [-0.1, -0.05) is 5.16 Å². The molecular weight excluding hydrogens is 371 g/mol. The van der Waals surface area contributed by atoms with Crippen LogP contribution >= 0.6 is 0 Å². The molecule has 0 aliphatic rings.